The van der Waals surface area contributed by atoms with Crippen LogP contribution in [0.5, 0.6) is 0 Å². The molecule has 1 aromatic rings. The molecule has 0 radical (unpaired) electrons. The number of rotatable bonds is 7. The molecule has 3 N–H and O–H groups in total. The summed E-state index contributed by atoms with van der Waals surface area (Å²) in [5.74, 6) is -1.04. The molecular formula is C9H16N4O4S. The largest absolute Gasteiger partial charge is 0.481 e. The second kappa shape index (κ2) is 5.94. The second-order valence-corrected chi connectivity index (χ2v) is 5.67. The molecule has 0 aliphatic rings. The first-order valence-electron chi connectivity index (χ1n) is 5.24. The van der Waals surface area contributed by atoms with Crippen molar-refractivity contribution in [3.8, 4) is 0 Å². The SMILES string of the molecule is Cc1[nH]ncc1CNS(=O)(=O)N(C)CCC(=O)O. The number of aromatic nitrogens is 2. The molecule has 0 amide bonds. The topological polar surface area (TPSA) is 115 Å². The standard InChI is InChI=1S/C9H16N4O4S/c1-7-8(5-10-12-7)6-11-18(16,17)13(2)4-3-9(14)15/h5,11H,3-4,6H2,1-2H3,(H,10,12)(H,14,15). The van der Waals surface area contributed by atoms with Gasteiger partial charge in [-0.3, -0.25) is 9.89 Å². The van der Waals surface area contributed by atoms with Crippen LogP contribution in [0.3, 0.4) is 0 Å². The predicted octanol–water partition coefficient (Wildman–Crippen LogP) is -0.541. The summed E-state index contributed by atoms with van der Waals surface area (Å²) in [6.45, 7) is 1.82. The van der Waals surface area contributed by atoms with Crippen molar-refractivity contribution in [1.82, 2.24) is 19.2 Å². The van der Waals surface area contributed by atoms with Crippen molar-refractivity contribution in [2.24, 2.45) is 0 Å². The van der Waals surface area contributed by atoms with Crippen molar-refractivity contribution in [1.29, 1.82) is 0 Å². The number of carbonyl (C=O) groups is 1. The molecular weight excluding hydrogens is 260 g/mol. The molecule has 0 bridgehead atoms. The van der Waals surface area contributed by atoms with Gasteiger partial charge in [0, 0.05) is 31.4 Å². The van der Waals surface area contributed by atoms with Gasteiger partial charge in [0.05, 0.1) is 12.6 Å². The predicted molar refractivity (Wildman–Crippen MR) is 64.0 cm³/mol. The third-order valence-corrected chi connectivity index (χ3v) is 3.94. The molecule has 18 heavy (non-hydrogen) atoms. The highest BCUT2D eigenvalue weighted by Gasteiger charge is 2.18. The fourth-order valence-electron chi connectivity index (χ4n) is 1.21. The van der Waals surface area contributed by atoms with Crippen molar-refractivity contribution in [2.75, 3.05) is 13.6 Å². The zero-order valence-electron chi connectivity index (χ0n) is 10.2. The number of nitrogens with zero attached hydrogens (tertiary/aromatic N) is 2. The Morgan fingerprint density at radius 1 is 1.61 bits per heavy atom. The molecule has 0 atom stereocenters. The lowest BCUT2D eigenvalue weighted by molar-refractivity contribution is -0.137. The molecule has 0 saturated carbocycles. The van der Waals surface area contributed by atoms with Gasteiger partial charge in [-0.2, -0.15) is 22.5 Å². The Kier molecular flexibility index (Phi) is 4.82. The first kappa shape index (κ1) is 14.6. The lowest BCUT2D eigenvalue weighted by Crippen LogP contribution is -2.38. The van der Waals surface area contributed by atoms with E-state index in [1.54, 1.807) is 6.92 Å². The zero-order chi connectivity index (χ0) is 13.8. The van der Waals surface area contributed by atoms with Crippen molar-refractivity contribution in [2.45, 2.75) is 19.9 Å². The highest BCUT2D eigenvalue weighted by atomic mass is 32.2. The molecule has 0 aliphatic carbocycles. The molecule has 0 saturated heterocycles. The first-order chi connectivity index (χ1) is 8.33. The van der Waals surface area contributed by atoms with Crippen molar-refractivity contribution < 1.29 is 18.3 Å². The van der Waals surface area contributed by atoms with Gasteiger partial charge >= 0.3 is 5.97 Å². The molecule has 1 aromatic heterocycles. The Morgan fingerprint density at radius 3 is 2.78 bits per heavy atom. The lowest BCUT2D eigenvalue weighted by atomic mass is 10.3. The summed E-state index contributed by atoms with van der Waals surface area (Å²) in [6, 6.07) is 0. The van der Waals surface area contributed by atoms with Gasteiger partial charge in [0.2, 0.25) is 0 Å². The number of aryl methyl sites for hydroxylation is 1. The maximum absolute atomic E-state index is 11.7. The summed E-state index contributed by atoms with van der Waals surface area (Å²) in [5, 5.41) is 15.0. The number of aliphatic carboxylic acids is 1. The minimum absolute atomic E-state index is 0.0744. The Hall–Kier alpha value is -1.45. The number of carboxylic acid groups (broad SMARTS) is 1. The Morgan fingerprint density at radius 2 is 2.28 bits per heavy atom. The molecule has 0 spiro atoms. The Balaban J connectivity index is 2.54. The third-order valence-electron chi connectivity index (χ3n) is 2.43. The molecule has 102 valence electrons. The minimum atomic E-state index is -3.67. The van der Waals surface area contributed by atoms with E-state index in [-0.39, 0.29) is 19.5 Å². The summed E-state index contributed by atoms with van der Waals surface area (Å²) in [6.07, 6.45) is 1.30. The van der Waals surface area contributed by atoms with E-state index in [9.17, 15) is 13.2 Å². The number of hydrogen-bond acceptors (Lipinski definition) is 4. The van der Waals surface area contributed by atoms with E-state index >= 15 is 0 Å². The van der Waals surface area contributed by atoms with Crippen LogP contribution in [0.1, 0.15) is 17.7 Å². The molecule has 0 aliphatic heterocycles. The fourth-order valence-corrected chi connectivity index (χ4v) is 2.10. The van der Waals surface area contributed by atoms with Crippen LogP contribution >= 0.6 is 0 Å². The van der Waals surface area contributed by atoms with E-state index < -0.39 is 16.2 Å². The monoisotopic (exact) mass is 276 g/mol. The molecule has 1 heterocycles. The zero-order valence-corrected chi connectivity index (χ0v) is 11.0. The smallest absolute Gasteiger partial charge is 0.304 e. The number of carboxylic acids is 1. The average molecular weight is 276 g/mol. The summed E-state index contributed by atoms with van der Waals surface area (Å²) in [7, 11) is -2.34. The van der Waals surface area contributed by atoms with E-state index in [0.29, 0.717) is 0 Å². The number of hydrogen-bond donors (Lipinski definition) is 3. The van der Waals surface area contributed by atoms with E-state index in [1.807, 2.05) is 0 Å². The molecule has 0 unspecified atom stereocenters. The van der Waals surface area contributed by atoms with Crippen LogP contribution in [0.15, 0.2) is 6.20 Å². The van der Waals surface area contributed by atoms with Gasteiger partial charge < -0.3 is 5.11 Å². The van der Waals surface area contributed by atoms with Gasteiger partial charge in [-0.05, 0) is 6.92 Å². The van der Waals surface area contributed by atoms with E-state index in [2.05, 4.69) is 14.9 Å². The molecule has 0 aromatic carbocycles. The number of H-pyrrole nitrogens is 1. The van der Waals surface area contributed by atoms with Crippen LogP contribution in [0.2, 0.25) is 0 Å². The quantitative estimate of drug-likeness (QED) is 0.618. The van der Waals surface area contributed by atoms with Crippen LogP contribution in [0, 0.1) is 6.92 Å². The highest BCUT2D eigenvalue weighted by molar-refractivity contribution is 7.87. The van der Waals surface area contributed by atoms with Gasteiger partial charge in [0.15, 0.2) is 0 Å². The van der Waals surface area contributed by atoms with Crippen LogP contribution < -0.4 is 4.72 Å². The fraction of sp³-hybridized carbons (Fsp3) is 0.556. The number of nitrogens with one attached hydrogen (secondary N) is 2. The van der Waals surface area contributed by atoms with Crippen LogP contribution in [-0.2, 0) is 21.5 Å². The third kappa shape index (κ3) is 4.09. The van der Waals surface area contributed by atoms with Crippen LogP contribution in [0.4, 0.5) is 0 Å². The van der Waals surface area contributed by atoms with Crippen molar-refractivity contribution >= 4 is 16.2 Å². The van der Waals surface area contributed by atoms with Crippen LogP contribution in [-0.4, -0.2) is 47.6 Å². The van der Waals surface area contributed by atoms with Gasteiger partial charge in [-0.15, -0.1) is 0 Å². The van der Waals surface area contributed by atoms with Crippen molar-refractivity contribution in [3.63, 3.8) is 0 Å². The summed E-state index contributed by atoms with van der Waals surface area (Å²) in [4.78, 5) is 10.4. The van der Waals surface area contributed by atoms with E-state index in [1.165, 1.54) is 13.2 Å². The summed E-state index contributed by atoms with van der Waals surface area (Å²) < 4.78 is 26.8. The summed E-state index contributed by atoms with van der Waals surface area (Å²) in [5.41, 5.74) is 1.52. The molecule has 8 nitrogen and oxygen atoms in total. The van der Waals surface area contributed by atoms with Gasteiger partial charge in [-0.25, -0.2) is 0 Å². The van der Waals surface area contributed by atoms with Crippen LogP contribution in [0.25, 0.3) is 0 Å². The summed E-state index contributed by atoms with van der Waals surface area (Å²) >= 11 is 0. The Labute approximate surface area is 105 Å². The van der Waals surface area contributed by atoms with Gasteiger partial charge in [0.1, 0.15) is 0 Å². The number of aromatic amines is 1. The van der Waals surface area contributed by atoms with E-state index in [4.69, 9.17) is 5.11 Å². The lowest BCUT2D eigenvalue weighted by Gasteiger charge is -2.16. The normalized spacial score (nSPS) is 11.9. The average Bonchev–Trinajstić information content (AvgIpc) is 2.69. The first-order valence-corrected chi connectivity index (χ1v) is 6.68. The molecule has 1 rings (SSSR count). The highest BCUT2D eigenvalue weighted by Crippen LogP contribution is 2.04. The van der Waals surface area contributed by atoms with Crippen molar-refractivity contribution in [3.05, 3.63) is 17.5 Å². The van der Waals surface area contributed by atoms with Gasteiger partial charge in [-0.1, -0.05) is 0 Å². The Bertz CT molecular complexity index is 510. The molecule has 9 heteroatoms. The maximum Gasteiger partial charge on any atom is 0.304 e. The molecule has 0 fully saturated rings. The second-order valence-electron chi connectivity index (χ2n) is 3.81. The van der Waals surface area contributed by atoms with Gasteiger partial charge in [0.25, 0.3) is 10.2 Å². The van der Waals surface area contributed by atoms with E-state index in [0.717, 1.165) is 15.6 Å². The maximum atomic E-state index is 11.7. The minimum Gasteiger partial charge on any atom is -0.481 e.